The van der Waals surface area contributed by atoms with Gasteiger partial charge in [-0.15, -0.1) is 0 Å². The van der Waals surface area contributed by atoms with Crippen molar-refractivity contribution in [3.8, 4) is 0 Å². The molecule has 0 spiro atoms. The third kappa shape index (κ3) is 1.34. The summed E-state index contributed by atoms with van der Waals surface area (Å²) in [4.78, 5) is 16.5. The van der Waals surface area contributed by atoms with Crippen LogP contribution in [0.25, 0.3) is 16.6 Å². The molecule has 3 aromatic rings. The normalized spacial score (nSPS) is 11.1. The SMILES string of the molecule is O=c1c2ccccc2nc2cc(Br)ccn12. The second kappa shape index (κ2) is 3.42. The van der Waals surface area contributed by atoms with E-state index in [1.165, 1.54) is 0 Å². The van der Waals surface area contributed by atoms with Gasteiger partial charge >= 0.3 is 0 Å². The Hall–Kier alpha value is -1.68. The van der Waals surface area contributed by atoms with Gasteiger partial charge in [-0.2, -0.15) is 0 Å². The van der Waals surface area contributed by atoms with E-state index in [9.17, 15) is 4.79 Å². The largest absolute Gasteiger partial charge is 0.268 e. The summed E-state index contributed by atoms with van der Waals surface area (Å²) in [6.45, 7) is 0. The second-order valence-electron chi connectivity index (χ2n) is 3.51. The molecule has 3 rings (SSSR count). The molecule has 0 unspecified atom stereocenters. The van der Waals surface area contributed by atoms with Crippen molar-refractivity contribution in [3.05, 3.63) is 57.4 Å². The summed E-state index contributed by atoms with van der Waals surface area (Å²) in [6.07, 6.45) is 1.72. The number of para-hydroxylation sites is 1. The maximum absolute atomic E-state index is 12.1. The van der Waals surface area contributed by atoms with Gasteiger partial charge in [0, 0.05) is 10.7 Å². The van der Waals surface area contributed by atoms with E-state index in [-0.39, 0.29) is 5.56 Å². The first-order valence-electron chi connectivity index (χ1n) is 4.82. The van der Waals surface area contributed by atoms with Crippen molar-refractivity contribution in [2.24, 2.45) is 0 Å². The molecule has 0 saturated heterocycles. The Kier molecular flexibility index (Phi) is 2.04. The van der Waals surface area contributed by atoms with Gasteiger partial charge in [0.05, 0.1) is 10.9 Å². The predicted octanol–water partition coefficient (Wildman–Crippen LogP) is 2.61. The summed E-state index contributed by atoms with van der Waals surface area (Å²) in [5.41, 5.74) is 1.34. The number of nitrogens with zero attached hydrogens (tertiary/aromatic N) is 2. The first-order valence-corrected chi connectivity index (χ1v) is 5.62. The van der Waals surface area contributed by atoms with Crippen molar-refractivity contribution >= 4 is 32.5 Å². The maximum Gasteiger partial charge on any atom is 0.265 e. The second-order valence-corrected chi connectivity index (χ2v) is 4.42. The molecule has 0 atom stereocenters. The monoisotopic (exact) mass is 274 g/mol. The highest BCUT2D eigenvalue weighted by atomic mass is 79.9. The number of halogens is 1. The molecule has 2 aromatic heterocycles. The van der Waals surface area contributed by atoms with Crippen LogP contribution in [0.4, 0.5) is 0 Å². The molecule has 0 saturated carbocycles. The van der Waals surface area contributed by atoms with Gasteiger partial charge in [0.15, 0.2) is 0 Å². The molecule has 78 valence electrons. The van der Waals surface area contributed by atoms with Crippen LogP contribution in [0.2, 0.25) is 0 Å². The Labute approximate surface area is 99.5 Å². The first kappa shape index (κ1) is 9.54. The number of hydrogen-bond acceptors (Lipinski definition) is 2. The van der Waals surface area contributed by atoms with Crippen LogP contribution < -0.4 is 5.56 Å². The van der Waals surface area contributed by atoms with Gasteiger partial charge in [-0.1, -0.05) is 28.1 Å². The summed E-state index contributed by atoms with van der Waals surface area (Å²) in [6, 6.07) is 11.0. The van der Waals surface area contributed by atoms with E-state index in [0.717, 1.165) is 9.99 Å². The van der Waals surface area contributed by atoms with Gasteiger partial charge in [-0.25, -0.2) is 4.98 Å². The van der Waals surface area contributed by atoms with E-state index in [0.29, 0.717) is 11.0 Å². The van der Waals surface area contributed by atoms with Crippen molar-refractivity contribution in [1.29, 1.82) is 0 Å². The van der Waals surface area contributed by atoms with E-state index in [1.54, 1.807) is 16.7 Å². The molecule has 4 heteroatoms. The third-order valence-corrected chi connectivity index (χ3v) is 2.98. The Balaban J connectivity index is 2.61. The van der Waals surface area contributed by atoms with Gasteiger partial charge in [0.25, 0.3) is 5.56 Å². The number of pyridine rings is 1. The zero-order chi connectivity index (χ0) is 11.1. The summed E-state index contributed by atoms with van der Waals surface area (Å²) in [7, 11) is 0. The molecular formula is C12H7BrN2O. The van der Waals surface area contributed by atoms with Crippen LogP contribution in [0.3, 0.4) is 0 Å². The molecule has 0 radical (unpaired) electrons. The molecule has 2 heterocycles. The zero-order valence-corrected chi connectivity index (χ0v) is 9.81. The Morgan fingerprint density at radius 2 is 2.00 bits per heavy atom. The Morgan fingerprint density at radius 1 is 1.19 bits per heavy atom. The van der Waals surface area contributed by atoms with Crippen LogP contribution >= 0.6 is 15.9 Å². The highest BCUT2D eigenvalue weighted by Gasteiger charge is 2.04. The maximum atomic E-state index is 12.1. The minimum Gasteiger partial charge on any atom is -0.268 e. The number of hydrogen-bond donors (Lipinski definition) is 0. The highest BCUT2D eigenvalue weighted by molar-refractivity contribution is 9.10. The molecule has 0 bridgehead atoms. The van der Waals surface area contributed by atoms with Crippen molar-refractivity contribution in [1.82, 2.24) is 9.38 Å². The summed E-state index contributed by atoms with van der Waals surface area (Å²) in [5.74, 6) is 0. The van der Waals surface area contributed by atoms with E-state index in [2.05, 4.69) is 20.9 Å². The fourth-order valence-corrected chi connectivity index (χ4v) is 2.05. The molecule has 0 aliphatic rings. The number of benzene rings is 1. The average Bonchev–Trinajstić information content (AvgIpc) is 2.29. The highest BCUT2D eigenvalue weighted by Crippen LogP contribution is 2.13. The van der Waals surface area contributed by atoms with Gasteiger partial charge in [0.2, 0.25) is 0 Å². The van der Waals surface area contributed by atoms with Gasteiger partial charge in [-0.05, 0) is 24.3 Å². The van der Waals surface area contributed by atoms with Crippen molar-refractivity contribution in [2.45, 2.75) is 0 Å². The van der Waals surface area contributed by atoms with Crippen LogP contribution in [-0.4, -0.2) is 9.38 Å². The zero-order valence-electron chi connectivity index (χ0n) is 8.22. The first-order chi connectivity index (χ1) is 7.75. The number of fused-ring (bicyclic) bond motifs is 2. The molecule has 0 amide bonds. The lowest BCUT2D eigenvalue weighted by molar-refractivity contribution is 1.07. The summed E-state index contributed by atoms with van der Waals surface area (Å²) in [5, 5.41) is 0.641. The lowest BCUT2D eigenvalue weighted by Gasteiger charge is -2.02. The lowest BCUT2D eigenvalue weighted by Crippen LogP contribution is -2.14. The molecule has 0 fully saturated rings. The van der Waals surface area contributed by atoms with Crippen molar-refractivity contribution in [2.75, 3.05) is 0 Å². The molecule has 0 N–H and O–H groups in total. The summed E-state index contributed by atoms with van der Waals surface area (Å²) < 4.78 is 2.46. The average molecular weight is 275 g/mol. The Bertz CT molecular complexity index is 749. The lowest BCUT2D eigenvalue weighted by atomic mass is 10.2. The quantitative estimate of drug-likeness (QED) is 0.591. The van der Waals surface area contributed by atoms with Crippen LogP contribution in [0, 0.1) is 0 Å². The van der Waals surface area contributed by atoms with Crippen LogP contribution in [0.1, 0.15) is 0 Å². The van der Waals surface area contributed by atoms with Gasteiger partial charge in [0.1, 0.15) is 5.65 Å². The number of aromatic nitrogens is 2. The summed E-state index contributed by atoms with van der Waals surface area (Å²) >= 11 is 3.37. The van der Waals surface area contributed by atoms with Crippen molar-refractivity contribution < 1.29 is 0 Å². The minimum absolute atomic E-state index is 0.0342. The van der Waals surface area contributed by atoms with Gasteiger partial charge < -0.3 is 0 Å². The van der Waals surface area contributed by atoms with E-state index < -0.39 is 0 Å². The van der Waals surface area contributed by atoms with E-state index in [1.807, 2.05) is 30.3 Å². The van der Waals surface area contributed by atoms with Gasteiger partial charge in [-0.3, -0.25) is 9.20 Å². The topological polar surface area (TPSA) is 34.4 Å². The fourth-order valence-electron chi connectivity index (χ4n) is 1.73. The molecule has 16 heavy (non-hydrogen) atoms. The van der Waals surface area contributed by atoms with Crippen LogP contribution in [0.5, 0.6) is 0 Å². The number of rotatable bonds is 0. The fraction of sp³-hybridized carbons (Fsp3) is 0. The predicted molar refractivity (Wildman–Crippen MR) is 66.7 cm³/mol. The van der Waals surface area contributed by atoms with E-state index >= 15 is 0 Å². The van der Waals surface area contributed by atoms with E-state index in [4.69, 9.17) is 0 Å². The molecule has 0 aliphatic carbocycles. The van der Waals surface area contributed by atoms with Crippen LogP contribution in [-0.2, 0) is 0 Å². The third-order valence-electron chi connectivity index (χ3n) is 2.48. The van der Waals surface area contributed by atoms with Crippen molar-refractivity contribution in [3.63, 3.8) is 0 Å². The standard InChI is InChI=1S/C12H7BrN2O/c13-8-5-6-15-11(7-8)14-10-4-2-1-3-9(10)12(15)16/h1-7H. The Morgan fingerprint density at radius 3 is 2.88 bits per heavy atom. The molecule has 0 aliphatic heterocycles. The van der Waals surface area contributed by atoms with Crippen LogP contribution in [0.15, 0.2) is 51.9 Å². The molecule has 3 nitrogen and oxygen atoms in total. The smallest absolute Gasteiger partial charge is 0.265 e. The molecule has 1 aromatic carbocycles. The minimum atomic E-state index is -0.0342. The molecular weight excluding hydrogens is 268 g/mol.